The first-order chi connectivity index (χ1) is 1.41. The van der Waals surface area contributed by atoms with E-state index in [9.17, 15) is 0 Å². The first-order valence-corrected chi connectivity index (χ1v) is 1.63. The van der Waals surface area contributed by atoms with E-state index in [-0.39, 0.29) is 19.8 Å². The smallest absolute Gasteiger partial charge is 0.145 e. The summed E-state index contributed by atoms with van der Waals surface area (Å²) < 4.78 is 4.39. The minimum atomic E-state index is 0. The number of rotatable bonds is 0. The summed E-state index contributed by atoms with van der Waals surface area (Å²) in [6.45, 7) is 0. The second kappa shape index (κ2) is 25.0. The van der Waals surface area contributed by atoms with Crippen molar-refractivity contribution in [1.29, 1.82) is 0 Å². The fourth-order valence-electron chi connectivity index (χ4n) is 0. The van der Waals surface area contributed by atoms with Crippen LogP contribution in [0.25, 0.3) is 0 Å². The van der Waals surface area contributed by atoms with Crippen molar-refractivity contribution < 1.29 is 4.43 Å². The van der Waals surface area contributed by atoms with Gasteiger partial charge in [0, 0.05) is 7.11 Å². The molecule has 1 nitrogen and oxygen atoms in total. The third-order valence-corrected chi connectivity index (χ3v) is 0. The molecule has 0 heterocycles. The van der Waals surface area contributed by atoms with Crippen LogP contribution in [0.15, 0.2) is 0 Å². The maximum absolute atomic E-state index is 4.39. The van der Waals surface area contributed by atoms with Crippen molar-refractivity contribution in [3.8, 4) is 0 Å². The molecule has 0 aromatic rings. The van der Waals surface area contributed by atoms with Crippen molar-refractivity contribution in [2.24, 2.45) is 0 Å². The molecule has 0 saturated heterocycles. The van der Waals surface area contributed by atoms with Gasteiger partial charge in [0.15, 0.2) is 0 Å². The Morgan fingerprint density at radius 1 is 1.60 bits per heavy atom. The van der Waals surface area contributed by atoms with Gasteiger partial charge in [-0.05, 0) is 0 Å². The van der Waals surface area contributed by atoms with Crippen molar-refractivity contribution in [2.45, 2.75) is 7.43 Å². The number of halogens is 1. The Labute approximate surface area is 42.7 Å². The fraction of sp³-hybridized carbons (Fsp3) is 1.00. The van der Waals surface area contributed by atoms with Gasteiger partial charge in [0.25, 0.3) is 0 Å². The van der Waals surface area contributed by atoms with Crippen molar-refractivity contribution in [3.05, 3.63) is 0 Å². The van der Waals surface area contributed by atoms with Crippen LogP contribution in [0, 0.1) is 0 Å². The normalized spacial score (nSPS) is 4.20. The van der Waals surface area contributed by atoms with E-state index in [0.29, 0.717) is 0 Å². The van der Waals surface area contributed by atoms with E-state index in [1.54, 1.807) is 7.11 Å². The molecule has 0 amide bonds. The Kier molecular flexibility index (Phi) is 89.4. The van der Waals surface area contributed by atoms with E-state index < -0.39 is 0 Å². The first kappa shape index (κ1) is 17.9. The van der Waals surface area contributed by atoms with Crippen LogP contribution in [0.4, 0.5) is 0 Å². The molecule has 0 atom stereocenters. The molecule has 0 aromatic heterocycles. The molecule has 3 heteroatoms. The van der Waals surface area contributed by atoms with Crippen LogP contribution in [-0.2, 0) is 4.43 Å². The van der Waals surface area contributed by atoms with Crippen LogP contribution < -0.4 is 0 Å². The van der Waals surface area contributed by atoms with E-state index >= 15 is 0 Å². The first-order valence-electron chi connectivity index (χ1n) is 0.816. The van der Waals surface area contributed by atoms with Crippen LogP contribution in [0.5, 0.6) is 0 Å². The van der Waals surface area contributed by atoms with Gasteiger partial charge in [-0.15, -0.1) is 12.4 Å². The van der Waals surface area contributed by atoms with Gasteiger partial charge in [-0.2, -0.15) is 0 Å². The van der Waals surface area contributed by atoms with Gasteiger partial charge in [-0.3, -0.25) is 0 Å². The van der Waals surface area contributed by atoms with Gasteiger partial charge in [-0.1, -0.05) is 7.43 Å². The molecule has 36 valence electrons. The Bertz CT molecular complexity index is 9.61. The molecule has 0 radical (unpaired) electrons. The number of hydrogen-bond acceptors (Lipinski definition) is 1. The third kappa shape index (κ3) is 125. The largest absolute Gasteiger partial charge is 0.431 e. The van der Waals surface area contributed by atoms with Crippen LogP contribution in [-0.4, -0.2) is 17.6 Å². The molecule has 0 aliphatic rings. The highest BCUT2D eigenvalue weighted by Crippen LogP contribution is 1.24. The zero-order chi connectivity index (χ0) is 2.71. The predicted molar refractivity (Wildman–Crippen MR) is 30.9 cm³/mol. The van der Waals surface area contributed by atoms with E-state index in [1.165, 1.54) is 0 Å². The van der Waals surface area contributed by atoms with Gasteiger partial charge in [0.1, 0.15) is 10.5 Å². The molecule has 0 aromatic carbocycles. The zero-order valence-electron chi connectivity index (χ0n) is 2.82. The Morgan fingerprint density at radius 3 is 1.60 bits per heavy atom. The quantitative estimate of drug-likeness (QED) is 0.402. The van der Waals surface area contributed by atoms with E-state index in [0.717, 1.165) is 10.5 Å². The van der Waals surface area contributed by atoms with Crippen molar-refractivity contribution >= 4 is 22.9 Å². The third-order valence-electron chi connectivity index (χ3n) is 0. The highest BCUT2D eigenvalue weighted by atomic mass is 35.5. The monoisotopic (exact) mass is 114 g/mol. The van der Waals surface area contributed by atoms with Crippen LogP contribution in [0.3, 0.4) is 0 Å². The van der Waals surface area contributed by atoms with Gasteiger partial charge in [0.2, 0.25) is 0 Å². The molecule has 0 rings (SSSR count). The van der Waals surface area contributed by atoms with E-state index in [4.69, 9.17) is 0 Å². The van der Waals surface area contributed by atoms with Gasteiger partial charge < -0.3 is 4.43 Å². The standard InChI is InChI=1S/CH6OSi.CH4.ClH/c1-2-3;;/h1,3H3;1H4;1H. The summed E-state index contributed by atoms with van der Waals surface area (Å²) in [5.74, 6) is 0. The summed E-state index contributed by atoms with van der Waals surface area (Å²) in [4.78, 5) is 0. The van der Waals surface area contributed by atoms with E-state index in [2.05, 4.69) is 4.43 Å². The summed E-state index contributed by atoms with van der Waals surface area (Å²) in [6.07, 6.45) is 0. The van der Waals surface area contributed by atoms with Gasteiger partial charge in [-0.25, -0.2) is 0 Å². The van der Waals surface area contributed by atoms with Crippen molar-refractivity contribution in [3.63, 3.8) is 0 Å². The number of hydrogen-bond donors (Lipinski definition) is 0. The Morgan fingerprint density at radius 2 is 1.60 bits per heavy atom. The average molecular weight is 115 g/mol. The lowest BCUT2D eigenvalue weighted by Crippen LogP contribution is -1.60. The van der Waals surface area contributed by atoms with Crippen molar-refractivity contribution in [2.75, 3.05) is 7.11 Å². The molecular weight excluding hydrogens is 104 g/mol. The summed E-state index contributed by atoms with van der Waals surface area (Å²) in [5.41, 5.74) is 0. The molecule has 0 unspecified atom stereocenters. The summed E-state index contributed by atoms with van der Waals surface area (Å²) in [7, 11) is 2.56. The molecule has 0 spiro atoms. The SMILES string of the molecule is C.CO[SiH3].Cl. The van der Waals surface area contributed by atoms with Crippen LogP contribution in [0.2, 0.25) is 0 Å². The Hall–Kier alpha value is 0.467. The summed E-state index contributed by atoms with van der Waals surface area (Å²) in [6, 6.07) is 0. The van der Waals surface area contributed by atoms with Crippen LogP contribution >= 0.6 is 12.4 Å². The highest BCUT2D eigenvalue weighted by molar-refractivity contribution is 5.97. The molecule has 0 aliphatic heterocycles. The molecule has 0 bridgehead atoms. The lowest BCUT2D eigenvalue weighted by molar-refractivity contribution is 0.460. The molecular formula is C2H11ClOSi. The minimum Gasteiger partial charge on any atom is -0.431 e. The maximum Gasteiger partial charge on any atom is 0.145 e. The molecule has 0 aliphatic carbocycles. The zero-order valence-corrected chi connectivity index (χ0v) is 5.63. The van der Waals surface area contributed by atoms with Crippen LogP contribution in [0.1, 0.15) is 7.43 Å². The second-order valence-electron chi connectivity index (χ2n) is 0.408. The van der Waals surface area contributed by atoms with Crippen molar-refractivity contribution in [1.82, 2.24) is 0 Å². The summed E-state index contributed by atoms with van der Waals surface area (Å²) in [5, 5.41) is 0. The van der Waals surface area contributed by atoms with Gasteiger partial charge in [0.05, 0.1) is 0 Å². The van der Waals surface area contributed by atoms with Gasteiger partial charge >= 0.3 is 0 Å². The topological polar surface area (TPSA) is 9.23 Å². The predicted octanol–water partition coefficient (Wildman–Crippen LogP) is -0.0289. The molecule has 5 heavy (non-hydrogen) atoms. The molecule has 0 N–H and O–H groups in total. The Balaban J connectivity index is -0.0000000200. The lowest BCUT2D eigenvalue weighted by atomic mass is 11.8. The average Bonchev–Trinajstić information content (AvgIpc) is 0.918. The fourth-order valence-corrected chi connectivity index (χ4v) is 0. The minimum absolute atomic E-state index is 0. The lowest BCUT2D eigenvalue weighted by Gasteiger charge is -1.61. The second-order valence-corrected chi connectivity index (χ2v) is 1.22. The molecule has 0 saturated carbocycles. The molecule has 0 fully saturated rings. The maximum atomic E-state index is 4.39. The summed E-state index contributed by atoms with van der Waals surface area (Å²) >= 11 is 0. The van der Waals surface area contributed by atoms with E-state index in [1.807, 2.05) is 0 Å². The highest BCUT2D eigenvalue weighted by Gasteiger charge is 1.27.